The molecule has 3 N–H and O–H groups in total. The number of nitrogens with one attached hydrogen (secondary N) is 1. The highest BCUT2D eigenvalue weighted by Crippen LogP contribution is 2.40. The molecule has 0 heterocycles. The molecule has 0 aliphatic rings. The number of carboxylic acids is 1. The zero-order valence-electron chi connectivity index (χ0n) is 19.3. The lowest BCUT2D eigenvalue weighted by Gasteiger charge is -2.29. The molecule has 0 fully saturated rings. The van der Waals surface area contributed by atoms with Crippen molar-refractivity contribution in [2.45, 2.75) is 25.0 Å². The molecule has 3 aromatic carbocycles. The zero-order valence-corrected chi connectivity index (χ0v) is 22.5. The zero-order chi connectivity index (χ0) is 26.8. The number of hydrogen-bond donors (Lipinski definition) is 3. The van der Waals surface area contributed by atoms with Crippen molar-refractivity contribution in [3.63, 3.8) is 0 Å². The van der Waals surface area contributed by atoms with Gasteiger partial charge in [-0.05, 0) is 65.2 Å². The summed E-state index contributed by atoms with van der Waals surface area (Å²) in [6, 6.07) is 20.1. The molecule has 37 heavy (non-hydrogen) atoms. The standard InChI is InChI=1S/C27H23Br2NO7/c28-18-15-20(24(33)21(29)16-18)25(37-27(35)30-26(34)17-9-3-1-4-10-17)22(13-7-8-14-23(31)32)36-19-11-5-2-6-12-19/h1-6,8-12,14-16,22,25,33H,7,13H2,(H,31,32)(H,30,34,35)/b14-8+/t22-,25-/m1/s1. The van der Waals surface area contributed by atoms with Gasteiger partial charge in [-0.3, -0.25) is 10.1 Å². The molecule has 8 nitrogen and oxygen atoms in total. The number of carbonyl (C=O) groups is 3. The fourth-order valence-corrected chi connectivity index (χ4v) is 4.69. The molecular weight excluding hydrogens is 610 g/mol. The van der Waals surface area contributed by atoms with Gasteiger partial charge in [0, 0.05) is 21.7 Å². The quantitative estimate of drug-likeness (QED) is 0.221. The van der Waals surface area contributed by atoms with Crippen LogP contribution in [-0.2, 0) is 9.53 Å². The van der Waals surface area contributed by atoms with E-state index in [1.165, 1.54) is 6.08 Å². The highest BCUT2D eigenvalue weighted by molar-refractivity contribution is 9.11. The van der Waals surface area contributed by atoms with Gasteiger partial charge in [-0.15, -0.1) is 0 Å². The molecule has 0 spiro atoms. The van der Waals surface area contributed by atoms with Crippen LogP contribution >= 0.6 is 31.9 Å². The summed E-state index contributed by atoms with van der Waals surface area (Å²) in [6.45, 7) is 0. The number of halogens is 2. The van der Waals surface area contributed by atoms with E-state index in [4.69, 9.17) is 14.6 Å². The number of carboxylic acid groups (broad SMARTS) is 1. The predicted octanol–water partition coefficient (Wildman–Crippen LogP) is 6.39. The lowest BCUT2D eigenvalue weighted by Crippen LogP contribution is -2.36. The first-order valence-corrected chi connectivity index (χ1v) is 12.7. The Balaban J connectivity index is 1.95. The topological polar surface area (TPSA) is 122 Å². The number of phenolic OH excluding ortho intramolecular Hbond substituents is 1. The molecule has 3 aromatic rings. The molecule has 2 atom stereocenters. The number of amides is 2. The first-order chi connectivity index (χ1) is 17.7. The van der Waals surface area contributed by atoms with E-state index in [9.17, 15) is 19.5 Å². The number of ether oxygens (including phenoxy) is 2. The second-order valence-electron chi connectivity index (χ2n) is 7.76. The van der Waals surface area contributed by atoms with Crippen molar-refractivity contribution in [2.24, 2.45) is 0 Å². The van der Waals surface area contributed by atoms with Crippen LogP contribution < -0.4 is 10.1 Å². The van der Waals surface area contributed by atoms with Crippen LogP contribution in [-0.4, -0.2) is 34.3 Å². The molecule has 2 amide bonds. The van der Waals surface area contributed by atoms with Crippen molar-refractivity contribution in [2.75, 3.05) is 0 Å². The number of para-hydroxylation sites is 1. The van der Waals surface area contributed by atoms with Gasteiger partial charge in [-0.2, -0.15) is 0 Å². The van der Waals surface area contributed by atoms with E-state index >= 15 is 0 Å². The van der Waals surface area contributed by atoms with Crippen molar-refractivity contribution < 1.29 is 34.1 Å². The smallest absolute Gasteiger partial charge is 0.414 e. The van der Waals surface area contributed by atoms with Gasteiger partial charge >= 0.3 is 12.1 Å². The number of rotatable bonds is 10. The molecule has 0 radical (unpaired) electrons. The lowest BCUT2D eigenvalue weighted by atomic mass is 9.99. The monoisotopic (exact) mass is 631 g/mol. The van der Waals surface area contributed by atoms with E-state index in [0.717, 1.165) is 6.08 Å². The van der Waals surface area contributed by atoms with Gasteiger partial charge in [0.1, 0.15) is 17.6 Å². The first kappa shape index (κ1) is 27.9. The molecule has 0 saturated heterocycles. The van der Waals surface area contributed by atoms with Gasteiger partial charge in [0.25, 0.3) is 5.91 Å². The minimum Gasteiger partial charge on any atom is -0.506 e. The molecule has 0 unspecified atom stereocenters. The number of aromatic hydroxyl groups is 1. The predicted molar refractivity (Wildman–Crippen MR) is 144 cm³/mol. The third-order valence-electron chi connectivity index (χ3n) is 5.10. The summed E-state index contributed by atoms with van der Waals surface area (Å²) in [5.74, 6) is -1.47. The minimum atomic E-state index is -1.18. The van der Waals surface area contributed by atoms with Crippen molar-refractivity contribution in [1.29, 1.82) is 0 Å². The number of imide groups is 1. The number of carbonyl (C=O) groups excluding carboxylic acids is 2. The normalized spacial score (nSPS) is 12.5. The maximum absolute atomic E-state index is 12.9. The van der Waals surface area contributed by atoms with Crippen LogP contribution in [0.1, 0.15) is 34.9 Å². The summed E-state index contributed by atoms with van der Waals surface area (Å²) in [4.78, 5) is 36.3. The molecule has 3 rings (SSSR count). The first-order valence-electron chi connectivity index (χ1n) is 11.1. The molecule has 0 saturated carbocycles. The summed E-state index contributed by atoms with van der Waals surface area (Å²) in [6.07, 6.45) is -0.153. The number of aliphatic carboxylic acids is 1. The van der Waals surface area contributed by atoms with E-state index in [2.05, 4.69) is 37.2 Å². The second kappa shape index (κ2) is 13.6. The summed E-state index contributed by atoms with van der Waals surface area (Å²) in [5, 5.41) is 21.9. The Morgan fingerprint density at radius 1 is 0.973 bits per heavy atom. The van der Waals surface area contributed by atoms with Crippen molar-refractivity contribution >= 4 is 49.8 Å². The van der Waals surface area contributed by atoms with Crippen molar-refractivity contribution in [3.8, 4) is 11.5 Å². The average molecular weight is 633 g/mol. The van der Waals surface area contributed by atoms with Crippen LogP contribution in [0.15, 0.2) is 93.9 Å². The van der Waals surface area contributed by atoms with E-state index in [-0.39, 0.29) is 29.7 Å². The minimum absolute atomic E-state index is 0.182. The summed E-state index contributed by atoms with van der Waals surface area (Å²) >= 11 is 6.67. The number of phenols is 1. The molecule has 10 heteroatoms. The highest BCUT2D eigenvalue weighted by Gasteiger charge is 2.32. The van der Waals surface area contributed by atoms with Gasteiger partial charge in [-0.25, -0.2) is 9.59 Å². The van der Waals surface area contributed by atoms with Gasteiger partial charge < -0.3 is 19.7 Å². The third-order valence-corrected chi connectivity index (χ3v) is 6.16. The van der Waals surface area contributed by atoms with E-state index in [1.807, 2.05) is 6.07 Å². The Morgan fingerprint density at radius 3 is 2.27 bits per heavy atom. The van der Waals surface area contributed by atoms with Crippen molar-refractivity contribution in [3.05, 3.63) is 105 Å². The summed E-state index contributed by atoms with van der Waals surface area (Å²) in [7, 11) is 0. The Morgan fingerprint density at radius 2 is 1.62 bits per heavy atom. The fraction of sp³-hybridized carbons (Fsp3) is 0.148. The van der Waals surface area contributed by atoms with Crippen LogP contribution in [0.4, 0.5) is 4.79 Å². The van der Waals surface area contributed by atoms with Gasteiger partial charge in [0.2, 0.25) is 0 Å². The van der Waals surface area contributed by atoms with Crippen LogP contribution in [0.5, 0.6) is 11.5 Å². The summed E-state index contributed by atoms with van der Waals surface area (Å²) < 4.78 is 12.8. The van der Waals surface area contributed by atoms with Crippen LogP contribution in [0, 0.1) is 0 Å². The van der Waals surface area contributed by atoms with Crippen molar-refractivity contribution in [1.82, 2.24) is 5.32 Å². The third kappa shape index (κ3) is 8.47. The van der Waals surface area contributed by atoms with Crippen LogP contribution in [0.3, 0.4) is 0 Å². The molecular formula is C27H23Br2NO7. The average Bonchev–Trinajstić information content (AvgIpc) is 2.87. The number of alkyl carbamates (subject to hydrolysis) is 1. The van der Waals surface area contributed by atoms with Gasteiger partial charge in [0.05, 0.1) is 4.47 Å². The Bertz CT molecular complexity index is 1270. The largest absolute Gasteiger partial charge is 0.506 e. The van der Waals surface area contributed by atoms with Crippen LogP contribution in [0.25, 0.3) is 0 Å². The number of allylic oxidation sites excluding steroid dienone is 1. The summed E-state index contributed by atoms with van der Waals surface area (Å²) in [5.41, 5.74) is 0.478. The maximum atomic E-state index is 12.9. The number of benzene rings is 3. The highest BCUT2D eigenvalue weighted by atomic mass is 79.9. The van der Waals surface area contributed by atoms with E-state index < -0.39 is 30.2 Å². The molecule has 0 aliphatic heterocycles. The SMILES string of the molecule is O=C(O)/C=C/CC[C@@H](Oc1ccccc1)[C@H](OC(=O)NC(=O)c1ccccc1)c1cc(Br)cc(Br)c1O. The molecule has 0 aromatic heterocycles. The molecule has 0 aliphatic carbocycles. The Hall–Kier alpha value is -3.63. The van der Waals surface area contributed by atoms with Gasteiger partial charge in [0.15, 0.2) is 6.10 Å². The Labute approximate surface area is 230 Å². The van der Waals surface area contributed by atoms with Gasteiger partial charge in [-0.1, -0.05) is 58.4 Å². The van der Waals surface area contributed by atoms with E-state index in [0.29, 0.717) is 14.7 Å². The maximum Gasteiger partial charge on any atom is 0.414 e. The van der Waals surface area contributed by atoms with E-state index in [1.54, 1.807) is 66.7 Å². The second-order valence-corrected chi connectivity index (χ2v) is 9.53. The fourth-order valence-electron chi connectivity index (χ4n) is 3.43. The lowest BCUT2D eigenvalue weighted by molar-refractivity contribution is -0.131. The Kier molecular flexibility index (Phi) is 10.3. The number of hydrogen-bond acceptors (Lipinski definition) is 6. The molecule has 0 bridgehead atoms. The molecule has 192 valence electrons. The van der Waals surface area contributed by atoms with Crippen LogP contribution in [0.2, 0.25) is 0 Å².